The Hall–Kier alpha value is -1.84. The van der Waals surface area contributed by atoms with E-state index in [9.17, 15) is 0 Å². The van der Waals surface area contributed by atoms with E-state index in [1.54, 1.807) is 0 Å². The van der Waals surface area contributed by atoms with Crippen molar-refractivity contribution in [2.24, 2.45) is 4.99 Å². The molecule has 0 radical (unpaired) electrons. The van der Waals surface area contributed by atoms with E-state index in [0.717, 1.165) is 36.1 Å². The molecule has 2 aliphatic heterocycles. The predicted molar refractivity (Wildman–Crippen MR) is 95.4 cm³/mol. The number of aliphatic imine (C=N–C) groups is 1. The number of fused-ring (bicyclic) bond motifs is 2. The van der Waals surface area contributed by atoms with Gasteiger partial charge < -0.3 is 10.2 Å². The van der Waals surface area contributed by atoms with Crippen molar-refractivity contribution in [2.45, 2.75) is 32.0 Å². The number of nitrogens with one attached hydrogen (secondary N) is 1. The van der Waals surface area contributed by atoms with E-state index >= 15 is 0 Å². The molecule has 4 heteroatoms. The maximum Gasteiger partial charge on any atom is 0.122 e. The van der Waals surface area contributed by atoms with E-state index in [2.05, 4.69) is 53.5 Å². The summed E-state index contributed by atoms with van der Waals surface area (Å²) in [5, 5.41) is 4.49. The van der Waals surface area contributed by atoms with E-state index in [1.165, 1.54) is 11.1 Å². The summed E-state index contributed by atoms with van der Waals surface area (Å²) in [6.45, 7) is 4.20. The van der Waals surface area contributed by atoms with Crippen molar-refractivity contribution in [1.29, 1.82) is 0 Å². The molecular formula is C19H20ClN3. The summed E-state index contributed by atoms with van der Waals surface area (Å²) >= 11 is 6.12. The molecule has 1 N–H and O–H groups in total. The zero-order chi connectivity index (χ0) is 15.8. The fourth-order valence-corrected chi connectivity index (χ4v) is 3.63. The molecule has 0 saturated carbocycles. The average molecular weight is 326 g/mol. The summed E-state index contributed by atoms with van der Waals surface area (Å²) in [7, 11) is 0. The van der Waals surface area contributed by atoms with E-state index < -0.39 is 0 Å². The quantitative estimate of drug-likeness (QED) is 0.910. The normalized spacial score (nSPS) is 20.7. The van der Waals surface area contributed by atoms with Crippen molar-refractivity contribution >= 4 is 23.1 Å². The van der Waals surface area contributed by atoms with E-state index in [4.69, 9.17) is 16.6 Å². The molecule has 1 fully saturated rings. The molecule has 0 aromatic heterocycles. The lowest BCUT2D eigenvalue weighted by molar-refractivity contribution is 0.442. The zero-order valence-electron chi connectivity index (χ0n) is 13.2. The first-order valence-electron chi connectivity index (χ1n) is 8.13. The van der Waals surface area contributed by atoms with Crippen LogP contribution in [0.5, 0.6) is 0 Å². The van der Waals surface area contributed by atoms with Crippen LogP contribution in [0.2, 0.25) is 5.02 Å². The van der Waals surface area contributed by atoms with Gasteiger partial charge in [0.2, 0.25) is 0 Å². The average Bonchev–Trinajstić information content (AvgIpc) is 2.95. The Morgan fingerprint density at radius 3 is 2.87 bits per heavy atom. The zero-order valence-corrected chi connectivity index (χ0v) is 13.9. The Labute approximate surface area is 142 Å². The predicted octanol–water partition coefficient (Wildman–Crippen LogP) is 4.31. The van der Waals surface area contributed by atoms with Gasteiger partial charge in [-0.2, -0.15) is 0 Å². The molecule has 0 aliphatic carbocycles. The van der Waals surface area contributed by atoms with Crippen molar-refractivity contribution in [1.82, 2.24) is 10.2 Å². The highest BCUT2D eigenvalue weighted by Gasteiger charge is 2.33. The molecule has 2 atom stereocenters. The van der Waals surface area contributed by atoms with Crippen molar-refractivity contribution in [2.75, 3.05) is 6.54 Å². The minimum absolute atomic E-state index is 0.303. The Morgan fingerprint density at radius 1 is 1.22 bits per heavy atom. The Balaban J connectivity index is 1.57. The highest BCUT2D eigenvalue weighted by Crippen LogP contribution is 2.33. The van der Waals surface area contributed by atoms with Crippen molar-refractivity contribution in [3.63, 3.8) is 0 Å². The molecule has 2 aromatic rings. The van der Waals surface area contributed by atoms with Crippen molar-refractivity contribution in [3.8, 4) is 0 Å². The SMILES string of the molecule is CC(NC1CCN2Cc3ccc(Cl)cc3N=C12)c1ccccc1. The largest absolute Gasteiger partial charge is 0.354 e. The lowest BCUT2D eigenvalue weighted by Gasteiger charge is -2.28. The van der Waals surface area contributed by atoms with Crippen LogP contribution >= 0.6 is 11.6 Å². The number of nitrogens with zero attached hydrogens (tertiary/aromatic N) is 2. The van der Waals surface area contributed by atoms with Gasteiger partial charge in [-0.15, -0.1) is 0 Å². The van der Waals surface area contributed by atoms with Gasteiger partial charge >= 0.3 is 0 Å². The summed E-state index contributed by atoms with van der Waals surface area (Å²) in [5.41, 5.74) is 3.59. The third-order valence-electron chi connectivity index (χ3n) is 4.72. The van der Waals surface area contributed by atoms with Crippen LogP contribution in [0.4, 0.5) is 5.69 Å². The van der Waals surface area contributed by atoms with Gasteiger partial charge in [0, 0.05) is 24.2 Å². The number of benzene rings is 2. The van der Waals surface area contributed by atoms with Crippen LogP contribution in [0.15, 0.2) is 53.5 Å². The third-order valence-corrected chi connectivity index (χ3v) is 4.95. The van der Waals surface area contributed by atoms with E-state index in [1.807, 2.05) is 12.1 Å². The fourth-order valence-electron chi connectivity index (χ4n) is 3.46. The van der Waals surface area contributed by atoms with Crippen LogP contribution < -0.4 is 5.32 Å². The number of hydrogen-bond acceptors (Lipinski definition) is 3. The highest BCUT2D eigenvalue weighted by molar-refractivity contribution is 6.30. The molecule has 2 heterocycles. The van der Waals surface area contributed by atoms with Gasteiger partial charge in [-0.1, -0.05) is 48.0 Å². The molecule has 2 aromatic carbocycles. The number of amidine groups is 1. The number of hydrogen-bond donors (Lipinski definition) is 1. The summed E-state index contributed by atoms with van der Waals surface area (Å²) in [5.74, 6) is 1.16. The Kier molecular flexibility index (Phi) is 3.83. The summed E-state index contributed by atoms with van der Waals surface area (Å²) in [6.07, 6.45) is 1.09. The van der Waals surface area contributed by atoms with Gasteiger partial charge in [0.25, 0.3) is 0 Å². The molecule has 2 unspecified atom stereocenters. The number of rotatable bonds is 3. The van der Waals surface area contributed by atoms with Gasteiger partial charge in [-0.05, 0) is 36.6 Å². The smallest absolute Gasteiger partial charge is 0.122 e. The molecule has 3 nitrogen and oxygen atoms in total. The molecule has 23 heavy (non-hydrogen) atoms. The maximum atomic E-state index is 6.12. The van der Waals surface area contributed by atoms with Gasteiger partial charge in [0.05, 0.1) is 11.7 Å². The van der Waals surface area contributed by atoms with E-state index in [-0.39, 0.29) is 0 Å². The molecule has 1 saturated heterocycles. The minimum Gasteiger partial charge on any atom is -0.354 e. The molecule has 0 spiro atoms. The van der Waals surface area contributed by atoms with Crippen LogP contribution in [0, 0.1) is 0 Å². The summed E-state index contributed by atoms with van der Waals surface area (Å²) < 4.78 is 0. The summed E-state index contributed by atoms with van der Waals surface area (Å²) in [4.78, 5) is 7.27. The molecule has 0 amide bonds. The van der Waals surface area contributed by atoms with Crippen LogP contribution in [-0.4, -0.2) is 23.3 Å². The van der Waals surface area contributed by atoms with Crippen molar-refractivity contribution < 1.29 is 0 Å². The monoisotopic (exact) mass is 325 g/mol. The van der Waals surface area contributed by atoms with Gasteiger partial charge in [-0.25, -0.2) is 4.99 Å². The molecule has 4 rings (SSSR count). The molecule has 0 bridgehead atoms. The minimum atomic E-state index is 0.303. The molecule has 118 valence electrons. The first-order valence-corrected chi connectivity index (χ1v) is 8.51. The molecular weight excluding hydrogens is 306 g/mol. The fraction of sp³-hybridized carbons (Fsp3) is 0.316. The van der Waals surface area contributed by atoms with Crippen LogP contribution in [0.3, 0.4) is 0 Å². The maximum absolute atomic E-state index is 6.12. The van der Waals surface area contributed by atoms with Gasteiger partial charge in [-0.3, -0.25) is 0 Å². The number of halogens is 1. The van der Waals surface area contributed by atoms with E-state index in [0.29, 0.717) is 12.1 Å². The Bertz CT molecular complexity index is 742. The van der Waals surface area contributed by atoms with Crippen LogP contribution in [0.1, 0.15) is 30.5 Å². The second kappa shape index (κ2) is 5.99. The van der Waals surface area contributed by atoms with Crippen LogP contribution in [0.25, 0.3) is 0 Å². The second-order valence-electron chi connectivity index (χ2n) is 6.30. The topological polar surface area (TPSA) is 27.6 Å². The Morgan fingerprint density at radius 2 is 2.04 bits per heavy atom. The third kappa shape index (κ3) is 2.87. The molecule has 2 aliphatic rings. The standard InChI is InChI=1S/C19H20ClN3/c1-13(14-5-3-2-4-6-14)21-17-9-10-23-12-15-7-8-16(20)11-18(15)22-19(17)23/h2-8,11,13,17,21H,9-10,12H2,1H3. The summed E-state index contributed by atoms with van der Waals surface area (Å²) in [6, 6.07) is 17.2. The van der Waals surface area contributed by atoms with Gasteiger partial charge in [0.1, 0.15) is 5.84 Å². The van der Waals surface area contributed by atoms with Gasteiger partial charge in [0.15, 0.2) is 0 Å². The lowest BCUT2D eigenvalue weighted by Crippen LogP contribution is -2.40. The first-order chi connectivity index (χ1) is 11.2. The first kappa shape index (κ1) is 14.7. The van der Waals surface area contributed by atoms with Crippen LogP contribution in [-0.2, 0) is 6.54 Å². The lowest BCUT2D eigenvalue weighted by atomic mass is 10.1. The van der Waals surface area contributed by atoms with Crippen molar-refractivity contribution in [3.05, 3.63) is 64.7 Å². The highest BCUT2D eigenvalue weighted by atomic mass is 35.5. The second-order valence-corrected chi connectivity index (χ2v) is 6.74.